The van der Waals surface area contributed by atoms with Crippen LogP contribution in [0.5, 0.6) is 0 Å². The second kappa shape index (κ2) is 7.04. The summed E-state index contributed by atoms with van der Waals surface area (Å²) < 4.78 is 0.879. The van der Waals surface area contributed by atoms with Crippen LogP contribution in [0.3, 0.4) is 0 Å². The Kier molecular flexibility index (Phi) is 5.38. The van der Waals surface area contributed by atoms with E-state index in [4.69, 9.17) is 0 Å². The van der Waals surface area contributed by atoms with Crippen LogP contribution in [-0.2, 0) is 0 Å². The second-order valence-electron chi connectivity index (χ2n) is 4.89. The Morgan fingerprint density at radius 1 is 1.28 bits per heavy atom. The largest absolute Gasteiger partial charge is 0.396 e. The highest BCUT2D eigenvalue weighted by atomic mass is 79.9. The maximum absolute atomic E-state index is 9.20. The van der Waals surface area contributed by atoms with E-state index in [9.17, 15) is 5.11 Å². The third kappa shape index (κ3) is 3.92. The average molecular weight is 314 g/mol. The number of rotatable bonds is 5. The summed E-state index contributed by atoms with van der Waals surface area (Å²) in [6.45, 7) is 0.213. The molecule has 5 heteroatoms. The third-order valence-corrected chi connectivity index (χ3v) is 4.00. The van der Waals surface area contributed by atoms with Gasteiger partial charge in [-0.2, -0.15) is 0 Å². The molecule has 1 aromatic rings. The Morgan fingerprint density at radius 3 is 2.56 bits per heavy atom. The summed E-state index contributed by atoms with van der Waals surface area (Å²) in [6.07, 6.45) is 10.7. The molecule has 0 spiro atoms. The van der Waals surface area contributed by atoms with Crippen molar-refractivity contribution in [2.24, 2.45) is 5.92 Å². The van der Waals surface area contributed by atoms with Crippen molar-refractivity contribution in [2.45, 2.75) is 44.6 Å². The van der Waals surface area contributed by atoms with Crippen LogP contribution in [0, 0.1) is 5.92 Å². The number of halogens is 1. The normalized spacial score (nSPS) is 18.6. The minimum atomic E-state index is 0.213. The number of hydrogen-bond acceptors (Lipinski definition) is 4. The summed E-state index contributed by atoms with van der Waals surface area (Å²) in [5, 5.41) is 12.6. The van der Waals surface area contributed by atoms with Crippen LogP contribution in [-0.4, -0.2) is 27.7 Å². The van der Waals surface area contributed by atoms with Gasteiger partial charge in [0.05, 0.1) is 4.47 Å². The fraction of sp³-hybridized carbons (Fsp3) is 0.692. The fourth-order valence-electron chi connectivity index (χ4n) is 2.65. The number of nitrogens with one attached hydrogen (secondary N) is 1. The van der Waals surface area contributed by atoms with Crippen molar-refractivity contribution in [3.8, 4) is 0 Å². The van der Waals surface area contributed by atoms with E-state index in [1.54, 1.807) is 12.4 Å². The van der Waals surface area contributed by atoms with Gasteiger partial charge in [-0.25, -0.2) is 9.97 Å². The highest BCUT2D eigenvalue weighted by Crippen LogP contribution is 2.29. The molecule has 1 atom stereocenters. The molecule has 18 heavy (non-hydrogen) atoms. The Morgan fingerprint density at radius 2 is 1.94 bits per heavy atom. The van der Waals surface area contributed by atoms with Gasteiger partial charge in [0.15, 0.2) is 0 Å². The highest BCUT2D eigenvalue weighted by molar-refractivity contribution is 9.10. The smallest absolute Gasteiger partial charge is 0.222 e. The molecule has 1 fully saturated rings. The molecule has 1 saturated carbocycles. The molecule has 1 heterocycles. The number of aromatic nitrogens is 2. The monoisotopic (exact) mass is 313 g/mol. The highest BCUT2D eigenvalue weighted by Gasteiger charge is 2.23. The molecular formula is C13H20BrN3O. The molecule has 0 bridgehead atoms. The van der Waals surface area contributed by atoms with Crippen molar-refractivity contribution < 1.29 is 5.11 Å². The molecule has 100 valence electrons. The Hall–Kier alpha value is -0.680. The van der Waals surface area contributed by atoms with Crippen LogP contribution in [0.2, 0.25) is 0 Å². The molecule has 1 aromatic heterocycles. The summed E-state index contributed by atoms with van der Waals surface area (Å²) in [7, 11) is 0. The molecule has 2 rings (SSSR count). The Balaban J connectivity index is 1.98. The summed E-state index contributed by atoms with van der Waals surface area (Å²) in [5.74, 6) is 1.29. The van der Waals surface area contributed by atoms with Crippen LogP contribution in [0.15, 0.2) is 16.9 Å². The van der Waals surface area contributed by atoms with Gasteiger partial charge >= 0.3 is 0 Å². The predicted molar refractivity (Wildman–Crippen MR) is 75.4 cm³/mol. The van der Waals surface area contributed by atoms with Crippen molar-refractivity contribution >= 4 is 21.9 Å². The van der Waals surface area contributed by atoms with E-state index >= 15 is 0 Å². The molecule has 1 aliphatic carbocycles. The summed E-state index contributed by atoms with van der Waals surface area (Å²) >= 11 is 3.33. The zero-order chi connectivity index (χ0) is 12.8. The summed E-state index contributed by atoms with van der Waals surface area (Å²) in [4.78, 5) is 8.49. The van der Waals surface area contributed by atoms with Gasteiger partial charge in [-0.1, -0.05) is 19.3 Å². The van der Waals surface area contributed by atoms with Crippen LogP contribution in [0.1, 0.15) is 38.5 Å². The molecule has 0 radical (unpaired) electrons. The lowest BCUT2D eigenvalue weighted by Crippen LogP contribution is -2.32. The van der Waals surface area contributed by atoms with Gasteiger partial charge in [0.25, 0.3) is 0 Å². The first-order valence-corrected chi connectivity index (χ1v) is 7.44. The van der Waals surface area contributed by atoms with E-state index < -0.39 is 0 Å². The second-order valence-corrected chi connectivity index (χ2v) is 5.80. The van der Waals surface area contributed by atoms with Crippen LogP contribution in [0.25, 0.3) is 0 Å². The predicted octanol–water partition coefficient (Wildman–Crippen LogP) is 2.98. The molecule has 1 unspecified atom stereocenters. The number of anilines is 1. The zero-order valence-corrected chi connectivity index (χ0v) is 12.1. The fourth-order valence-corrected chi connectivity index (χ4v) is 2.86. The SMILES string of the molecule is OCCC(Nc1ncc(Br)cn1)C1CCCCC1. The van der Waals surface area contributed by atoms with Gasteiger partial charge in [0.2, 0.25) is 5.95 Å². The van der Waals surface area contributed by atoms with Crippen molar-refractivity contribution in [1.29, 1.82) is 0 Å². The van der Waals surface area contributed by atoms with Crippen LogP contribution in [0.4, 0.5) is 5.95 Å². The van der Waals surface area contributed by atoms with E-state index in [0.717, 1.165) is 10.9 Å². The van der Waals surface area contributed by atoms with Gasteiger partial charge in [-0.3, -0.25) is 0 Å². The maximum Gasteiger partial charge on any atom is 0.222 e. The average Bonchev–Trinajstić information content (AvgIpc) is 2.42. The van der Waals surface area contributed by atoms with Crippen molar-refractivity contribution in [1.82, 2.24) is 9.97 Å². The van der Waals surface area contributed by atoms with Gasteiger partial charge in [0.1, 0.15) is 0 Å². The minimum absolute atomic E-state index is 0.213. The van der Waals surface area contributed by atoms with Crippen molar-refractivity contribution in [3.05, 3.63) is 16.9 Å². The molecule has 0 amide bonds. The number of hydrogen-bond donors (Lipinski definition) is 2. The minimum Gasteiger partial charge on any atom is -0.396 e. The Bertz CT molecular complexity index is 352. The number of nitrogens with zero attached hydrogens (tertiary/aromatic N) is 2. The molecule has 0 aromatic carbocycles. The van der Waals surface area contributed by atoms with E-state index in [2.05, 4.69) is 31.2 Å². The topological polar surface area (TPSA) is 58.0 Å². The first-order chi connectivity index (χ1) is 8.79. The van der Waals surface area contributed by atoms with E-state index in [1.807, 2.05) is 0 Å². The lowest BCUT2D eigenvalue weighted by molar-refractivity contribution is 0.238. The molecule has 4 nitrogen and oxygen atoms in total. The first kappa shape index (κ1) is 13.7. The standard InChI is InChI=1S/C13H20BrN3O/c14-11-8-15-13(16-9-11)17-12(6-7-18)10-4-2-1-3-5-10/h8-10,12,18H,1-7H2,(H,15,16,17). The van der Waals surface area contributed by atoms with Crippen LogP contribution < -0.4 is 5.32 Å². The third-order valence-electron chi connectivity index (χ3n) is 3.59. The summed E-state index contributed by atoms with van der Waals surface area (Å²) in [6, 6.07) is 0.288. The van der Waals surface area contributed by atoms with Gasteiger partial charge in [0, 0.05) is 25.0 Å². The zero-order valence-electron chi connectivity index (χ0n) is 10.5. The first-order valence-electron chi connectivity index (χ1n) is 6.64. The van der Waals surface area contributed by atoms with E-state index in [0.29, 0.717) is 11.9 Å². The lowest BCUT2D eigenvalue weighted by atomic mass is 9.83. The summed E-state index contributed by atoms with van der Waals surface area (Å²) in [5.41, 5.74) is 0. The lowest BCUT2D eigenvalue weighted by Gasteiger charge is -2.30. The Labute approximate surface area is 116 Å². The van der Waals surface area contributed by atoms with Crippen molar-refractivity contribution in [3.63, 3.8) is 0 Å². The van der Waals surface area contributed by atoms with E-state index in [-0.39, 0.29) is 12.6 Å². The maximum atomic E-state index is 9.20. The van der Waals surface area contributed by atoms with E-state index in [1.165, 1.54) is 32.1 Å². The molecule has 0 saturated heterocycles. The molecule has 1 aliphatic rings. The molecule has 2 N–H and O–H groups in total. The molecular weight excluding hydrogens is 294 g/mol. The number of aliphatic hydroxyl groups excluding tert-OH is 1. The molecule has 0 aliphatic heterocycles. The quantitative estimate of drug-likeness (QED) is 0.877. The van der Waals surface area contributed by atoms with Gasteiger partial charge in [-0.05, 0) is 41.1 Å². The van der Waals surface area contributed by atoms with Crippen molar-refractivity contribution in [2.75, 3.05) is 11.9 Å². The van der Waals surface area contributed by atoms with Gasteiger partial charge in [-0.15, -0.1) is 0 Å². The van der Waals surface area contributed by atoms with Gasteiger partial charge < -0.3 is 10.4 Å². The van der Waals surface area contributed by atoms with Crippen LogP contribution >= 0.6 is 15.9 Å². The number of aliphatic hydroxyl groups is 1.